The van der Waals surface area contributed by atoms with Crippen LogP contribution in [-0.2, 0) is 20.9 Å². The minimum Gasteiger partial charge on any atom is -0.455 e. The number of rotatable bonds is 6. The number of carbonyl (C=O) groups is 3. The van der Waals surface area contributed by atoms with Crippen LogP contribution in [0.5, 0.6) is 0 Å². The van der Waals surface area contributed by atoms with Gasteiger partial charge < -0.3 is 15.0 Å². The third-order valence-corrected chi connectivity index (χ3v) is 5.71. The number of ether oxygens (including phenoxy) is 1. The molecule has 1 N–H and O–H groups in total. The number of thiophene rings is 1. The van der Waals surface area contributed by atoms with Crippen molar-refractivity contribution < 1.29 is 19.1 Å². The summed E-state index contributed by atoms with van der Waals surface area (Å²) >= 11 is 7.23. The van der Waals surface area contributed by atoms with Gasteiger partial charge in [-0.3, -0.25) is 14.4 Å². The number of likely N-dealkylation sites (tertiary alicyclic amines) is 1. The summed E-state index contributed by atoms with van der Waals surface area (Å²) in [7, 11) is 0. The molecule has 1 aliphatic heterocycles. The van der Waals surface area contributed by atoms with E-state index in [4.69, 9.17) is 16.3 Å². The first-order chi connectivity index (χ1) is 13.5. The van der Waals surface area contributed by atoms with Crippen molar-refractivity contribution in [1.82, 2.24) is 10.2 Å². The van der Waals surface area contributed by atoms with Crippen molar-refractivity contribution in [3.63, 3.8) is 0 Å². The maximum absolute atomic E-state index is 12.3. The molecule has 3 rings (SSSR count). The Hall–Kier alpha value is -2.38. The highest BCUT2D eigenvalue weighted by molar-refractivity contribution is 7.12. The number of piperidine rings is 1. The van der Waals surface area contributed by atoms with E-state index in [1.54, 1.807) is 23.1 Å². The van der Waals surface area contributed by atoms with E-state index in [0.717, 1.165) is 5.56 Å². The molecule has 0 atom stereocenters. The van der Waals surface area contributed by atoms with Gasteiger partial charge in [-0.1, -0.05) is 29.8 Å². The second kappa shape index (κ2) is 9.71. The topological polar surface area (TPSA) is 75.7 Å². The van der Waals surface area contributed by atoms with Crippen molar-refractivity contribution in [2.45, 2.75) is 19.4 Å². The molecule has 2 heterocycles. The molecule has 0 bridgehead atoms. The molecule has 6 nitrogen and oxygen atoms in total. The van der Waals surface area contributed by atoms with Crippen molar-refractivity contribution in [3.8, 4) is 0 Å². The van der Waals surface area contributed by atoms with Crippen molar-refractivity contribution in [3.05, 3.63) is 57.2 Å². The van der Waals surface area contributed by atoms with Gasteiger partial charge in [-0.15, -0.1) is 11.3 Å². The normalized spacial score (nSPS) is 14.5. The minimum atomic E-state index is -0.384. The first kappa shape index (κ1) is 20.4. The molecule has 1 saturated heterocycles. The van der Waals surface area contributed by atoms with E-state index in [1.165, 1.54) is 11.3 Å². The van der Waals surface area contributed by atoms with Crippen molar-refractivity contribution in [1.29, 1.82) is 0 Å². The summed E-state index contributed by atoms with van der Waals surface area (Å²) in [4.78, 5) is 38.9. The molecule has 1 aromatic heterocycles. The minimum absolute atomic E-state index is 0.00314. The quantitative estimate of drug-likeness (QED) is 0.728. The van der Waals surface area contributed by atoms with E-state index in [0.29, 0.717) is 42.4 Å². The second-order valence-corrected chi connectivity index (χ2v) is 7.94. The Labute approximate surface area is 172 Å². The van der Waals surface area contributed by atoms with E-state index in [2.05, 4.69) is 5.32 Å². The van der Waals surface area contributed by atoms with Crippen LogP contribution < -0.4 is 5.32 Å². The van der Waals surface area contributed by atoms with E-state index in [-0.39, 0.29) is 30.3 Å². The Balaban J connectivity index is 1.36. The van der Waals surface area contributed by atoms with Gasteiger partial charge in [0.1, 0.15) is 0 Å². The molecule has 28 heavy (non-hydrogen) atoms. The predicted octanol–water partition coefficient (Wildman–Crippen LogP) is 3.11. The number of hydrogen-bond donors (Lipinski definition) is 1. The second-order valence-electron chi connectivity index (χ2n) is 6.55. The van der Waals surface area contributed by atoms with Gasteiger partial charge in [0.25, 0.3) is 11.8 Å². The van der Waals surface area contributed by atoms with Gasteiger partial charge in [-0.05, 0) is 42.0 Å². The summed E-state index contributed by atoms with van der Waals surface area (Å²) < 4.78 is 5.15. The maximum atomic E-state index is 12.3. The average Bonchev–Trinajstić information content (AvgIpc) is 3.26. The standard InChI is InChI=1S/C20H21ClN2O4S/c21-16-5-3-14(4-6-16)12-22-18(24)13-27-20(26)15-7-9-23(10-8-15)19(25)17-2-1-11-28-17/h1-6,11,15H,7-10,12-13H2,(H,22,24). The van der Waals surface area contributed by atoms with Crippen LogP contribution in [-0.4, -0.2) is 42.4 Å². The fraction of sp³-hybridized carbons (Fsp3) is 0.350. The van der Waals surface area contributed by atoms with E-state index in [1.807, 2.05) is 23.6 Å². The van der Waals surface area contributed by atoms with Crippen LogP contribution >= 0.6 is 22.9 Å². The van der Waals surface area contributed by atoms with Gasteiger partial charge in [-0.25, -0.2) is 0 Å². The van der Waals surface area contributed by atoms with Crippen LogP contribution in [0.2, 0.25) is 5.02 Å². The van der Waals surface area contributed by atoms with E-state index >= 15 is 0 Å². The first-order valence-electron chi connectivity index (χ1n) is 9.03. The van der Waals surface area contributed by atoms with Gasteiger partial charge in [-0.2, -0.15) is 0 Å². The summed E-state index contributed by atoms with van der Waals surface area (Å²) in [5, 5.41) is 5.21. The summed E-state index contributed by atoms with van der Waals surface area (Å²) in [5.41, 5.74) is 0.909. The third-order valence-electron chi connectivity index (χ3n) is 4.60. The molecule has 0 unspecified atom stereocenters. The van der Waals surface area contributed by atoms with Gasteiger partial charge in [0.05, 0.1) is 10.8 Å². The molecule has 8 heteroatoms. The Kier molecular flexibility index (Phi) is 7.06. The number of carbonyl (C=O) groups excluding carboxylic acids is 3. The Morgan fingerprint density at radius 3 is 2.50 bits per heavy atom. The maximum Gasteiger partial charge on any atom is 0.309 e. The highest BCUT2D eigenvalue weighted by atomic mass is 35.5. The lowest BCUT2D eigenvalue weighted by Gasteiger charge is -2.30. The van der Waals surface area contributed by atoms with Crippen LogP contribution in [0.1, 0.15) is 28.1 Å². The molecule has 0 spiro atoms. The van der Waals surface area contributed by atoms with Crippen LogP contribution in [0.25, 0.3) is 0 Å². The highest BCUT2D eigenvalue weighted by Crippen LogP contribution is 2.21. The number of nitrogens with one attached hydrogen (secondary N) is 1. The van der Waals surface area contributed by atoms with Gasteiger partial charge in [0.15, 0.2) is 6.61 Å². The first-order valence-corrected chi connectivity index (χ1v) is 10.3. The Bertz CT molecular complexity index is 815. The zero-order valence-corrected chi connectivity index (χ0v) is 16.8. The monoisotopic (exact) mass is 420 g/mol. The smallest absolute Gasteiger partial charge is 0.309 e. The van der Waals surface area contributed by atoms with Crippen LogP contribution in [0.15, 0.2) is 41.8 Å². The highest BCUT2D eigenvalue weighted by Gasteiger charge is 2.29. The van der Waals surface area contributed by atoms with Crippen LogP contribution in [0.4, 0.5) is 0 Å². The zero-order chi connectivity index (χ0) is 19.9. The van der Waals surface area contributed by atoms with Gasteiger partial charge in [0.2, 0.25) is 0 Å². The van der Waals surface area contributed by atoms with Crippen LogP contribution in [0, 0.1) is 5.92 Å². The summed E-state index contributed by atoms with van der Waals surface area (Å²) in [6, 6.07) is 10.8. The molecule has 0 radical (unpaired) electrons. The Morgan fingerprint density at radius 1 is 1.14 bits per heavy atom. The zero-order valence-electron chi connectivity index (χ0n) is 15.2. The van der Waals surface area contributed by atoms with Crippen LogP contribution in [0.3, 0.4) is 0 Å². The number of benzene rings is 1. The number of nitrogens with zero attached hydrogens (tertiary/aromatic N) is 1. The predicted molar refractivity (Wildman–Crippen MR) is 107 cm³/mol. The lowest BCUT2D eigenvalue weighted by molar-refractivity contribution is -0.153. The molecular formula is C20H21ClN2O4S. The van der Waals surface area contributed by atoms with Crippen molar-refractivity contribution >= 4 is 40.7 Å². The summed E-state index contributed by atoms with van der Waals surface area (Å²) in [6.45, 7) is 1.07. The average molecular weight is 421 g/mol. The lowest BCUT2D eigenvalue weighted by atomic mass is 9.97. The number of esters is 1. The molecule has 0 saturated carbocycles. The molecule has 1 aliphatic rings. The molecule has 148 valence electrons. The van der Waals surface area contributed by atoms with Gasteiger partial charge in [0, 0.05) is 24.7 Å². The SMILES string of the molecule is O=C(COC(=O)C1CCN(C(=O)c2cccs2)CC1)NCc1ccc(Cl)cc1. The molecular weight excluding hydrogens is 400 g/mol. The molecule has 1 aromatic carbocycles. The largest absolute Gasteiger partial charge is 0.455 e. The fourth-order valence-corrected chi connectivity index (χ4v) is 3.80. The van der Waals surface area contributed by atoms with E-state index < -0.39 is 0 Å². The van der Waals surface area contributed by atoms with E-state index in [9.17, 15) is 14.4 Å². The molecule has 2 aromatic rings. The summed E-state index contributed by atoms with van der Waals surface area (Å²) in [5.74, 6) is -1.02. The molecule has 2 amide bonds. The molecule has 1 fully saturated rings. The Morgan fingerprint density at radius 2 is 1.86 bits per heavy atom. The number of hydrogen-bond acceptors (Lipinski definition) is 5. The lowest BCUT2D eigenvalue weighted by Crippen LogP contribution is -2.41. The number of amides is 2. The van der Waals surface area contributed by atoms with Gasteiger partial charge >= 0.3 is 5.97 Å². The third kappa shape index (κ3) is 5.56. The number of halogens is 1. The van der Waals surface area contributed by atoms with Crippen molar-refractivity contribution in [2.24, 2.45) is 5.92 Å². The fourth-order valence-electron chi connectivity index (χ4n) is 2.98. The summed E-state index contributed by atoms with van der Waals surface area (Å²) in [6.07, 6.45) is 1.09. The molecule has 0 aliphatic carbocycles. The van der Waals surface area contributed by atoms with Crippen molar-refractivity contribution in [2.75, 3.05) is 19.7 Å².